The third kappa shape index (κ3) is 2.40. The van der Waals surface area contributed by atoms with E-state index in [9.17, 15) is 4.79 Å². The lowest BCUT2D eigenvalue weighted by atomic mass is 10.3. The molecular formula is C10H6Br2O2S2. The summed E-state index contributed by atoms with van der Waals surface area (Å²) in [7, 11) is 1.59. The highest BCUT2D eigenvalue weighted by Crippen LogP contribution is 2.34. The maximum atomic E-state index is 12.1. The number of ketones is 1. The fraction of sp³-hybridized carbons (Fsp3) is 0.100. The quantitative estimate of drug-likeness (QED) is 0.727. The smallest absolute Gasteiger partial charge is 0.213 e. The molecule has 0 atom stereocenters. The second kappa shape index (κ2) is 5.00. The highest BCUT2D eigenvalue weighted by Gasteiger charge is 2.16. The molecule has 0 aromatic carbocycles. The van der Waals surface area contributed by atoms with Crippen LogP contribution >= 0.6 is 54.5 Å². The van der Waals surface area contributed by atoms with Gasteiger partial charge in [0, 0.05) is 15.9 Å². The standard InChI is InChI=1S/C10H6Br2O2S2/c1-14-5-2-7(15-4-5)9(13)8-3-6(11)10(12)16-8/h2-4H,1H3. The molecule has 2 rings (SSSR count). The van der Waals surface area contributed by atoms with Crippen molar-refractivity contribution in [2.45, 2.75) is 0 Å². The van der Waals surface area contributed by atoms with E-state index in [0.717, 1.165) is 14.0 Å². The van der Waals surface area contributed by atoms with Crippen molar-refractivity contribution in [2.24, 2.45) is 0 Å². The Labute approximate surface area is 118 Å². The zero-order chi connectivity index (χ0) is 11.7. The lowest BCUT2D eigenvalue weighted by Crippen LogP contribution is -1.94. The zero-order valence-corrected chi connectivity index (χ0v) is 12.9. The number of hydrogen-bond acceptors (Lipinski definition) is 4. The van der Waals surface area contributed by atoms with Gasteiger partial charge in [-0.25, -0.2) is 0 Å². The lowest BCUT2D eigenvalue weighted by Gasteiger charge is -1.92. The van der Waals surface area contributed by atoms with Crippen LogP contribution in [-0.4, -0.2) is 12.9 Å². The number of methoxy groups -OCH3 is 1. The van der Waals surface area contributed by atoms with Crippen molar-refractivity contribution in [3.05, 3.63) is 35.5 Å². The van der Waals surface area contributed by atoms with Crippen molar-refractivity contribution in [2.75, 3.05) is 7.11 Å². The molecule has 2 nitrogen and oxygen atoms in total. The second-order valence-corrected chi connectivity index (χ2v) is 7.05. The molecule has 0 bridgehead atoms. The summed E-state index contributed by atoms with van der Waals surface area (Å²) >= 11 is 9.55. The molecule has 0 saturated carbocycles. The van der Waals surface area contributed by atoms with E-state index in [1.54, 1.807) is 13.2 Å². The van der Waals surface area contributed by atoms with Crippen LogP contribution in [0.25, 0.3) is 0 Å². The molecule has 0 aliphatic carbocycles. The van der Waals surface area contributed by atoms with Crippen LogP contribution in [0.5, 0.6) is 5.75 Å². The Morgan fingerprint density at radius 2 is 2.06 bits per heavy atom. The maximum absolute atomic E-state index is 12.1. The van der Waals surface area contributed by atoms with E-state index in [1.165, 1.54) is 22.7 Å². The van der Waals surface area contributed by atoms with Gasteiger partial charge < -0.3 is 4.74 Å². The van der Waals surface area contributed by atoms with E-state index in [2.05, 4.69) is 31.9 Å². The summed E-state index contributed by atoms with van der Waals surface area (Å²) in [5.41, 5.74) is 0. The average Bonchev–Trinajstić information content (AvgIpc) is 2.86. The van der Waals surface area contributed by atoms with E-state index in [1.807, 2.05) is 11.4 Å². The van der Waals surface area contributed by atoms with Crippen LogP contribution in [0.1, 0.15) is 14.5 Å². The SMILES string of the molecule is COc1csc(C(=O)c2cc(Br)c(Br)s2)c1. The fourth-order valence-corrected chi connectivity index (χ4v) is 3.99. The Hall–Kier alpha value is -0.170. The third-order valence-corrected chi connectivity index (χ3v) is 6.07. The Morgan fingerprint density at radius 1 is 1.31 bits per heavy atom. The average molecular weight is 382 g/mol. The third-order valence-electron chi connectivity index (χ3n) is 1.90. The van der Waals surface area contributed by atoms with Crippen LogP contribution in [0.2, 0.25) is 0 Å². The molecule has 0 saturated heterocycles. The summed E-state index contributed by atoms with van der Waals surface area (Å²) in [6.45, 7) is 0. The van der Waals surface area contributed by atoms with Crippen LogP contribution in [0.15, 0.2) is 25.8 Å². The highest BCUT2D eigenvalue weighted by molar-refractivity contribution is 9.13. The van der Waals surface area contributed by atoms with Gasteiger partial charge in [-0.05, 0) is 37.9 Å². The first-order valence-electron chi connectivity index (χ1n) is 4.24. The van der Waals surface area contributed by atoms with Crippen molar-refractivity contribution in [3.63, 3.8) is 0 Å². The van der Waals surface area contributed by atoms with Gasteiger partial charge in [-0.3, -0.25) is 4.79 Å². The van der Waals surface area contributed by atoms with Gasteiger partial charge in [0.05, 0.1) is 20.7 Å². The van der Waals surface area contributed by atoms with Gasteiger partial charge in [-0.15, -0.1) is 22.7 Å². The van der Waals surface area contributed by atoms with Crippen LogP contribution < -0.4 is 4.74 Å². The molecule has 84 valence electrons. The number of hydrogen-bond donors (Lipinski definition) is 0. The van der Waals surface area contributed by atoms with Crippen molar-refractivity contribution in [1.82, 2.24) is 0 Å². The molecule has 2 aromatic heterocycles. The van der Waals surface area contributed by atoms with Gasteiger partial charge in [-0.1, -0.05) is 0 Å². The monoisotopic (exact) mass is 380 g/mol. The minimum Gasteiger partial charge on any atom is -0.496 e. The first kappa shape index (κ1) is 12.3. The summed E-state index contributed by atoms with van der Waals surface area (Å²) in [6, 6.07) is 3.58. The topological polar surface area (TPSA) is 26.3 Å². The lowest BCUT2D eigenvalue weighted by molar-refractivity contribution is 0.104. The summed E-state index contributed by atoms with van der Waals surface area (Å²) in [4.78, 5) is 13.5. The predicted molar refractivity (Wildman–Crippen MR) is 74.0 cm³/mol. The molecule has 0 unspecified atom stereocenters. The first-order valence-corrected chi connectivity index (χ1v) is 7.52. The zero-order valence-electron chi connectivity index (χ0n) is 8.12. The summed E-state index contributed by atoms with van der Waals surface area (Å²) in [5.74, 6) is 0.757. The summed E-state index contributed by atoms with van der Waals surface area (Å²) in [5, 5.41) is 1.82. The molecule has 6 heteroatoms. The minimum absolute atomic E-state index is 0.0321. The molecule has 0 N–H and O–H groups in total. The fourth-order valence-electron chi connectivity index (χ4n) is 1.12. The largest absolute Gasteiger partial charge is 0.496 e. The Morgan fingerprint density at radius 3 is 2.56 bits per heavy atom. The van der Waals surface area contributed by atoms with Gasteiger partial charge in [0.1, 0.15) is 5.75 Å². The molecule has 16 heavy (non-hydrogen) atoms. The Balaban J connectivity index is 2.31. The number of rotatable bonds is 3. The number of thiophene rings is 2. The summed E-state index contributed by atoms with van der Waals surface area (Å²) in [6.07, 6.45) is 0. The van der Waals surface area contributed by atoms with E-state index < -0.39 is 0 Å². The highest BCUT2D eigenvalue weighted by atomic mass is 79.9. The number of halogens is 2. The maximum Gasteiger partial charge on any atom is 0.213 e. The number of carbonyl (C=O) groups excluding carboxylic acids is 1. The molecule has 2 aromatic rings. The minimum atomic E-state index is 0.0321. The van der Waals surface area contributed by atoms with Crippen LogP contribution in [0, 0.1) is 0 Å². The normalized spacial score (nSPS) is 10.4. The van der Waals surface area contributed by atoms with Gasteiger partial charge in [0.25, 0.3) is 0 Å². The van der Waals surface area contributed by atoms with Crippen molar-refractivity contribution >= 4 is 60.3 Å². The first-order chi connectivity index (χ1) is 7.61. The number of carbonyl (C=O) groups is 1. The van der Waals surface area contributed by atoms with E-state index in [0.29, 0.717) is 9.75 Å². The predicted octanol–water partition coefficient (Wildman–Crippen LogP) is 4.57. The van der Waals surface area contributed by atoms with Crippen molar-refractivity contribution in [3.8, 4) is 5.75 Å². The van der Waals surface area contributed by atoms with E-state index >= 15 is 0 Å². The van der Waals surface area contributed by atoms with E-state index in [-0.39, 0.29) is 5.78 Å². The van der Waals surface area contributed by atoms with E-state index in [4.69, 9.17) is 4.74 Å². The van der Waals surface area contributed by atoms with Gasteiger partial charge >= 0.3 is 0 Å². The summed E-state index contributed by atoms with van der Waals surface area (Å²) < 4.78 is 6.89. The number of ether oxygens (including phenoxy) is 1. The molecule has 0 spiro atoms. The molecule has 0 amide bonds. The molecular weight excluding hydrogens is 376 g/mol. The van der Waals surface area contributed by atoms with Crippen LogP contribution in [0.3, 0.4) is 0 Å². The van der Waals surface area contributed by atoms with Crippen molar-refractivity contribution in [1.29, 1.82) is 0 Å². The molecule has 0 aliphatic heterocycles. The van der Waals surface area contributed by atoms with Crippen molar-refractivity contribution < 1.29 is 9.53 Å². The molecule has 2 heterocycles. The Kier molecular flexibility index (Phi) is 3.84. The molecule has 0 radical (unpaired) electrons. The van der Waals surface area contributed by atoms with Gasteiger partial charge in [0.15, 0.2) is 0 Å². The van der Waals surface area contributed by atoms with Gasteiger partial charge in [-0.2, -0.15) is 0 Å². The second-order valence-electron chi connectivity index (χ2n) is 2.91. The van der Waals surface area contributed by atoms with Gasteiger partial charge in [0.2, 0.25) is 5.78 Å². The molecule has 0 fully saturated rings. The van der Waals surface area contributed by atoms with Crippen LogP contribution in [-0.2, 0) is 0 Å². The van der Waals surface area contributed by atoms with Crippen LogP contribution in [0.4, 0.5) is 0 Å². The molecule has 0 aliphatic rings. The Bertz CT molecular complexity index is 511.